The predicted octanol–water partition coefficient (Wildman–Crippen LogP) is 1.96. The largest absolute Gasteiger partial charge is 0.380 e. The topological polar surface area (TPSA) is 33.0 Å². The van der Waals surface area contributed by atoms with Crippen molar-refractivity contribution in [1.82, 2.24) is 0 Å². The molecule has 0 aromatic heterocycles. The molecule has 1 aliphatic rings. The molecule has 11 heavy (non-hydrogen) atoms. The smallest absolute Gasteiger partial charge is 0.0831 e. The van der Waals surface area contributed by atoms with Crippen molar-refractivity contribution in [3.8, 4) is 6.07 Å². The molecule has 1 rings (SSSR count). The van der Waals surface area contributed by atoms with E-state index < -0.39 is 0 Å². The summed E-state index contributed by atoms with van der Waals surface area (Å²) in [4.78, 5) is 0. The molecule has 0 bridgehead atoms. The van der Waals surface area contributed by atoms with E-state index in [1.165, 1.54) is 0 Å². The summed E-state index contributed by atoms with van der Waals surface area (Å²) in [6.07, 6.45) is 1.89. The van der Waals surface area contributed by atoms with E-state index in [1.807, 2.05) is 0 Å². The van der Waals surface area contributed by atoms with Gasteiger partial charge < -0.3 is 4.74 Å². The Morgan fingerprint density at radius 2 is 2.36 bits per heavy atom. The fourth-order valence-corrected chi connectivity index (χ4v) is 1.68. The van der Waals surface area contributed by atoms with E-state index in [0.717, 1.165) is 19.4 Å². The first-order valence-corrected chi connectivity index (χ1v) is 4.17. The number of hydrogen-bond acceptors (Lipinski definition) is 2. The van der Waals surface area contributed by atoms with Crippen LogP contribution >= 0.6 is 0 Å². The Labute approximate surface area is 68.2 Å². The van der Waals surface area contributed by atoms with Crippen molar-refractivity contribution >= 4 is 0 Å². The summed E-state index contributed by atoms with van der Waals surface area (Å²) in [6.45, 7) is 5.71. The summed E-state index contributed by atoms with van der Waals surface area (Å²) >= 11 is 0. The summed E-state index contributed by atoms with van der Waals surface area (Å²) in [7, 11) is 0. The summed E-state index contributed by atoms with van der Waals surface area (Å²) in [5, 5.41) is 8.94. The Bertz CT molecular complexity index is 163. The molecule has 1 atom stereocenters. The molecule has 1 saturated heterocycles. The van der Waals surface area contributed by atoms with Crippen LogP contribution in [0.3, 0.4) is 0 Å². The molecule has 0 N–H and O–H groups in total. The molecule has 2 heteroatoms. The zero-order chi connectivity index (χ0) is 8.32. The zero-order valence-corrected chi connectivity index (χ0v) is 7.26. The van der Waals surface area contributed by atoms with Crippen LogP contribution in [0.25, 0.3) is 0 Å². The molecular weight excluding hydrogens is 138 g/mol. The number of nitrogens with zero attached hydrogens (tertiary/aromatic N) is 1. The van der Waals surface area contributed by atoms with Gasteiger partial charge in [-0.1, -0.05) is 13.8 Å². The normalized spacial score (nSPS) is 30.7. The molecule has 0 saturated carbocycles. The van der Waals surface area contributed by atoms with E-state index in [9.17, 15) is 0 Å². The van der Waals surface area contributed by atoms with Gasteiger partial charge in [0.15, 0.2) is 0 Å². The highest BCUT2D eigenvalue weighted by molar-refractivity contribution is 5.01. The lowest BCUT2D eigenvalue weighted by molar-refractivity contribution is 0.163. The van der Waals surface area contributed by atoms with Crippen LogP contribution in [0.2, 0.25) is 0 Å². The summed E-state index contributed by atoms with van der Waals surface area (Å²) in [5.41, 5.74) is -0.159. The maximum Gasteiger partial charge on any atom is 0.0831 e. The van der Waals surface area contributed by atoms with Gasteiger partial charge in [0.05, 0.1) is 18.1 Å². The molecule has 1 fully saturated rings. The van der Waals surface area contributed by atoms with E-state index in [1.54, 1.807) is 0 Å². The maximum atomic E-state index is 8.94. The molecule has 0 amide bonds. The highest BCUT2D eigenvalue weighted by atomic mass is 16.5. The van der Waals surface area contributed by atoms with Crippen molar-refractivity contribution < 1.29 is 4.74 Å². The van der Waals surface area contributed by atoms with E-state index in [2.05, 4.69) is 19.9 Å². The first-order chi connectivity index (χ1) is 5.18. The Morgan fingerprint density at radius 3 is 2.73 bits per heavy atom. The van der Waals surface area contributed by atoms with Crippen LogP contribution in [0.4, 0.5) is 0 Å². The zero-order valence-electron chi connectivity index (χ0n) is 7.26. The van der Waals surface area contributed by atoms with E-state index in [-0.39, 0.29) is 5.41 Å². The fraction of sp³-hybridized carbons (Fsp3) is 0.889. The molecule has 1 aliphatic heterocycles. The van der Waals surface area contributed by atoms with Crippen LogP contribution < -0.4 is 0 Å². The van der Waals surface area contributed by atoms with Gasteiger partial charge in [0.1, 0.15) is 0 Å². The van der Waals surface area contributed by atoms with Crippen LogP contribution in [0, 0.1) is 22.7 Å². The molecule has 0 aromatic carbocycles. The second-order valence-corrected chi connectivity index (χ2v) is 3.79. The van der Waals surface area contributed by atoms with Crippen molar-refractivity contribution in [2.45, 2.75) is 26.7 Å². The number of ether oxygens (including phenoxy) is 1. The Balaban J connectivity index is 2.54. The molecule has 1 unspecified atom stereocenters. The lowest BCUT2D eigenvalue weighted by Gasteiger charge is -2.19. The highest BCUT2D eigenvalue weighted by Gasteiger charge is 2.35. The van der Waals surface area contributed by atoms with Gasteiger partial charge in [-0.2, -0.15) is 5.26 Å². The first kappa shape index (κ1) is 8.55. The lowest BCUT2D eigenvalue weighted by atomic mass is 9.81. The molecular formula is C9H15NO. The third kappa shape index (κ3) is 1.94. The van der Waals surface area contributed by atoms with E-state index in [4.69, 9.17) is 10.00 Å². The van der Waals surface area contributed by atoms with Crippen LogP contribution in [-0.2, 0) is 4.74 Å². The second kappa shape index (κ2) is 3.23. The molecule has 0 aliphatic carbocycles. The molecule has 0 aromatic rings. The monoisotopic (exact) mass is 153 g/mol. The van der Waals surface area contributed by atoms with E-state index >= 15 is 0 Å². The van der Waals surface area contributed by atoms with Crippen molar-refractivity contribution in [1.29, 1.82) is 5.26 Å². The van der Waals surface area contributed by atoms with Gasteiger partial charge in [0.25, 0.3) is 0 Å². The Morgan fingerprint density at radius 1 is 1.64 bits per heavy atom. The number of rotatable bonds is 2. The minimum Gasteiger partial charge on any atom is -0.380 e. The minimum atomic E-state index is -0.159. The van der Waals surface area contributed by atoms with Gasteiger partial charge >= 0.3 is 0 Å². The fourth-order valence-electron chi connectivity index (χ4n) is 1.68. The van der Waals surface area contributed by atoms with Gasteiger partial charge in [-0.25, -0.2) is 0 Å². The number of nitriles is 1. The first-order valence-electron chi connectivity index (χ1n) is 4.17. The Kier molecular flexibility index (Phi) is 2.51. The van der Waals surface area contributed by atoms with Crippen molar-refractivity contribution in [3.63, 3.8) is 0 Å². The van der Waals surface area contributed by atoms with Crippen molar-refractivity contribution in [3.05, 3.63) is 0 Å². The summed E-state index contributed by atoms with van der Waals surface area (Å²) in [5.74, 6) is 0.594. The standard InChI is InChI=1S/C9H15NO/c1-8(2)5-9(6-10)3-4-11-7-9/h8H,3-5,7H2,1-2H3. The third-order valence-corrected chi connectivity index (χ3v) is 2.14. The average Bonchev–Trinajstić information content (AvgIpc) is 2.36. The SMILES string of the molecule is CC(C)CC1(C#N)CCOC1. The highest BCUT2D eigenvalue weighted by Crippen LogP contribution is 2.34. The summed E-state index contributed by atoms with van der Waals surface area (Å²) < 4.78 is 5.23. The maximum absolute atomic E-state index is 8.94. The van der Waals surface area contributed by atoms with Crippen LogP contribution in [0.5, 0.6) is 0 Å². The molecule has 0 radical (unpaired) electrons. The molecule has 62 valence electrons. The Hall–Kier alpha value is -0.550. The second-order valence-electron chi connectivity index (χ2n) is 3.79. The third-order valence-electron chi connectivity index (χ3n) is 2.14. The van der Waals surface area contributed by atoms with Crippen LogP contribution in [0.1, 0.15) is 26.7 Å². The van der Waals surface area contributed by atoms with Crippen LogP contribution in [-0.4, -0.2) is 13.2 Å². The van der Waals surface area contributed by atoms with Gasteiger partial charge in [0.2, 0.25) is 0 Å². The van der Waals surface area contributed by atoms with E-state index in [0.29, 0.717) is 12.5 Å². The molecule has 2 nitrogen and oxygen atoms in total. The summed E-state index contributed by atoms with van der Waals surface area (Å²) in [6, 6.07) is 2.38. The molecule has 1 heterocycles. The van der Waals surface area contributed by atoms with Crippen LogP contribution in [0.15, 0.2) is 0 Å². The average molecular weight is 153 g/mol. The van der Waals surface area contributed by atoms with Crippen molar-refractivity contribution in [2.75, 3.05) is 13.2 Å². The van der Waals surface area contributed by atoms with Gasteiger partial charge in [-0.15, -0.1) is 0 Å². The lowest BCUT2D eigenvalue weighted by Crippen LogP contribution is -2.20. The molecule has 0 spiro atoms. The van der Waals surface area contributed by atoms with Gasteiger partial charge in [0, 0.05) is 6.61 Å². The van der Waals surface area contributed by atoms with Gasteiger partial charge in [-0.3, -0.25) is 0 Å². The van der Waals surface area contributed by atoms with Crippen molar-refractivity contribution in [2.24, 2.45) is 11.3 Å². The number of hydrogen-bond donors (Lipinski definition) is 0. The quantitative estimate of drug-likeness (QED) is 0.607. The van der Waals surface area contributed by atoms with Gasteiger partial charge in [-0.05, 0) is 18.8 Å². The minimum absolute atomic E-state index is 0.159. The predicted molar refractivity (Wildman–Crippen MR) is 42.9 cm³/mol.